The standard InChI is InChI=1S/C13H20N2O2/c1-8-7-11(9(2)15-4)5-6-12(8)17-10(3)13(14)16/h5-7,9-10,15H,1-4H3,(H2,14,16). The predicted octanol–water partition coefficient (Wildman–Crippen LogP) is 1.53. The van der Waals surface area contributed by atoms with Gasteiger partial charge in [0.15, 0.2) is 6.10 Å². The molecule has 0 bridgehead atoms. The number of aryl methyl sites for hydroxylation is 1. The molecule has 0 fully saturated rings. The van der Waals surface area contributed by atoms with Crippen LogP contribution in [0.1, 0.15) is 31.0 Å². The van der Waals surface area contributed by atoms with Crippen LogP contribution in [0.4, 0.5) is 0 Å². The topological polar surface area (TPSA) is 64.3 Å². The fourth-order valence-electron chi connectivity index (χ4n) is 1.49. The molecule has 1 aromatic rings. The Morgan fingerprint density at radius 3 is 2.53 bits per heavy atom. The molecule has 4 nitrogen and oxygen atoms in total. The van der Waals surface area contributed by atoms with Gasteiger partial charge in [-0.05, 0) is 45.0 Å². The van der Waals surface area contributed by atoms with Crippen molar-refractivity contribution in [3.05, 3.63) is 29.3 Å². The Bertz CT molecular complexity index is 404. The fourth-order valence-corrected chi connectivity index (χ4v) is 1.49. The largest absolute Gasteiger partial charge is 0.481 e. The number of ether oxygens (including phenoxy) is 1. The maximum absolute atomic E-state index is 10.9. The van der Waals surface area contributed by atoms with Crippen molar-refractivity contribution >= 4 is 5.91 Å². The summed E-state index contributed by atoms with van der Waals surface area (Å²) in [7, 11) is 1.92. The molecular formula is C13H20N2O2. The third kappa shape index (κ3) is 3.46. The quantitative estimate of drug-likeness (QED) is 0.814. The molecule has 0 heterocycles. The predicted molar refractivity (Wildman–Crippen MR) is 67.9 cm³/mol. The molecule has 0 saturated carbocycles. The van der Waals surface area contributed by atoms with E-state index in [2.05, 4.69) is 12.2 Å². The SMILES string of the molecule is CNC(C)c1ccc(OC(C)C(N)=O)c(C)c1. The van der Waals surface area contributed by atoms with E-state index in [0.717, 1.165) is 5.56 Å². The summed E-state index contributed by atoms with van der Waals surface area (Å²) in [5, 5.41) is 3.17. The number of carbonyl (C=O) groups excluding carboxylic acids is 1. The maximum atomic E-state index is 10.9. The van der Waals surface area contributed by atoms with Crippen molar-refractivity contribution in [3.8, 4) is 5.75 Å². The van der Waals surface area contributed by atoms with Gasteiger partial charge >= 0.3 is 0 Å². The van der Waals surface area contributed by atoms with E-state index >= 15 is 0 Å². The van der Waals surface area contributed by atoms with Gasteiger partial charge in [0.2, 0.25) is 0 Å². The van der Waals surface area contributed by atoms with Gasteiger partial charge in [-0.15, -0.1) is 0 Å². The monoisotopic (exact) mass is 236 g/mol. The molecule has 0 aliphatic carbocycles. The normalized spacial score (nSPS) is 14.1. The molecule has 2 unspecified atom stereocenters. The minimum atomic E-state index is -0.610. The first-order chi connectivity index (χ1) is 7.95. The molecule has 1 aromatic carbocycles. The molecule has 3 N–H and O–H groups in total. The summed E-state index contributed by atoms with van der Waals surface area (Å²) in [6, 6.07) is 6.19. The average Bonchev–Trinajstić information content (AvgIpc) is 2.30. The van der Waals surface area contributed by atoms with Crippen LogP contribution in [0, 0.1) is 6.92 Å². The van der Waals surface area contributed by atoms with E-state index in [1.807, 2.05) is 32.2 Å². The summed E-state index contributed by atoms with van der Waals surface area (Å²) in [6.45, 7) is 5.68. The minimum absolute atomic E-state index is 0.288. The third-order valence-corrected chi connectivity index (χ3v) is 2.84. The second-order valence-electron chi connectivity index (χ2n) is 4.20. The van der Waals surface area contributed by atoms with Crippen molar-refractivity contribution in [2.75, 3.05) is 7.05 Å². The molecule has 0 aromatic heterocycles. The zero-order valence-electron chi connectivity index (χ0n) is 10.8. The van der Waals surface area contributed by atoms with Crippen LogP contribution >= 0.6 is 0 Å². The average molecular weight is 236 g/mol. The number of rotatable bonds is 5. The van der Waals surface area contributed by atoms with E-state index in [9.17, 15) is 4.79 Å². The van der Waals surface area contributed by atoms with Crippen molar-refractivity contribution in [1.29, 1.82) is 0 Å². The summed E-state index contributed by atoms with van der Waals surface area (Å²) in [4.78, 5) is 10.9. The fraction of sp³-hybridized carbons (Fsp3) is 0.462. The molecule has 0 saturated heterocycles. The van der Waals surface area contributed by atoms with Crippen LogP contribution in [0.15, 0.2) is 18.2 Å². The summed E-state index contributed by atoms with van der Waals surface area (Å²) in [5.41, 5.74) is 7.34. The second-order valence-corrected chi connectivity index (χ2v) is 4.20. The van der Waals surface area contributed by atoms with E-state index in [1.165, 1.54) is 5.56 Å². The van der Waals surface area contributed by atoms with Crippen molar-refractivity contribution in [2.45, 2.75) is 32.9 Å². The Kier molecular flexibility index (Phi) is 4.52. The van der Waals surface area contributed by atoms with Crippen molar-refractivity contribution in [2.24, 2.45) is 5.73 Å². The highest BCUT2D eigenvalue weighted by atomic mass is 16.5. The number of nitrogens with two attached hydrogens (primary N) is 1. The van der Waals surface area contributed by atoms with E-state index in [0.29, 0.717) is 5.75 Å². The number of primary amides is 1. The Morgan fingerprint density at radius 2 is 2.06 bits per heavy atom. The lowest BCUT2D eigenvalue weighted by Gasteiger charge is -2.16. The molecule has 4 heteroatoms. The van der Waals surface area contributed by atoms with Crippen LogP contribution in [0.5, 0.6) is 5.75 Å². The van der Waals surface area contributed by atoms with Crippen LogP contribution in [0.3, 0.4) is 0 Å². The first-order valence-electron chi connectivity index (χ1n) is 5.69. The lowest BCUT2D eigenvalue weighted by molar-refractivity contribution is -0.123. The number of carbonyl (C=O) groups is 1. The highest BCUT2D eigenvalue weighted by Gasteiger charge is 2.12. The molecule has 94 valence electrons. The third-order valence-electron chi connectivity index (χ3n) is 2.84. The van der Waals surface area contributed by atoms with E-state index in [-0.39, 0.29) is 6.04 Å². The van der Waals surface area contributed by atoms with E-state index in [1.54, 1.807) is 6.92 Å². The highest BCUT2D eigenvalue weighted by Crippen LogP contribution is 2.23. The van der Waals surface area contributed by atoms with Crippen LogP contribution in [0.25, 0.3) is 0 Å². The Hall–Kier alpha value is -1.55. The number of hydrogen-bond acceptors (Lipinski definition) is 3. The van der Waals surface area contributed by atoms with Gasteiger partial charge in [0.25, 0.3) is 5.91 Å². The molecule has 0 radical (unpaired) electrons. The number of hydrogen-bond donors (Lipinski definition) is 2. The summed E-state index contributed by atoms with van der Waals surface area (Å²) >= 11 is 0. The molecule has 1 rings (SSSR count). The van der Waals surface area contributed by atoms with Crippen molar-refractivity contribution < 1.29 is 9.53 Å². The molecule has 0 spiro atoms. The maximum Gasteiger partial charge on any atom is 0.258 e. The number of nitrogens with one attached hydrogen (secondary N) is 1. The summed E-state index contributed by atoms with van der Waals surface area (Å²) in [6.07, 6.45) is -0.610. The highest BCUT2D eigenvalue weighted by molar-refractivity contribution is 5.78. The van der Waals surface area contributed by atoms with Crippen LogP contribution in [-0.2, 0) is 4.79 Å². The van der Waals surface area contributed by atoms with E-state index < -0.39 is 12.0 Å². The van der Waals surface area contributed by atoms with Gasteiger partial charge < -0.3 is 15.8 Å². The minimum Gasteiger partial charge on any atom is -0.481 e. The Balaban J connectivity index is 2.86. The zero-order valence-corrected chi connectivity index (χ0v) is 10.8. The molecular weight excluding hydrogens is 216 g/mol. The van der Waals surface area contributed by atoms with Gasteiger partial charge in [-0.3, -0.25) is 4.79 Å². The van der Waals surface area contributed by atoms with Crippen molar-refractivity contribution in [1.82, 2.24) is 5.32 Å². The van der Waals surface area contributed by atoms with Gasteiger partial charge in [0.1, 0.15) is 5.75 Å². The van der Waals surface area contributed by atoms with E-state index in [4.69, 9.17) is 10.5 Å². The Labute approximate surface area is 102 Å². The van der Waals surface area contributed by atoms with Crippen LogP contribution in [0.2, 0.25) is 0 Å². The summed E-state index contributed by atoms with van der Waals surface area (Å²) in [5.74, 6) is 0.237. The van der Waals surface area contributed by atoms with Gasteiger partial charge in [0.05, 0.1) is 0 Å². The molecule has 1 amide bonds. The molecule has 0 aliphatic rings. The van der Waals surface area contributed by atoms with Gasteiger partial charge in [0, 0.05) is 6.04 Å². The summed E-state index contributed by atoms with van der Waals surface area (Å²) < 4.78 is 5.48. The Morgan fingerprint density at radius 1 is 1.41 bits per heavy atom. The van der Waals surface area contributed by atoms with Crippen LogP contribution in [-0.4, -0.2) is 19.1 Å². The lowest BCUT2D eigenvalue weighted by Crippen LogP contribution is -2.30. The molecule has 17 heavy (non-hydrogen) atoms. The molecule has 0 aliphatic heterocycles. The van der Waals surface area contributed by atoms with Crippen molar-refractivity contribution in [3.63, 3.8) is 0 Å². The smallest absolute Gasteiger partial charge is 0.258 e. The first-order valence-corrected chi connectivity index (χ1v) is 5.69. The van der Waals surface area contributed by atoms with Gasteiger partial charge in [-0.2, -0.15) is 0 Å². The van der Waals surface area contributed by atoms with Gasteiger partial charge in [-0.25, -0.2) is 0 Å². The molecule has 2 atom stereocenters. The van der Waals surface area contributed by atoms with Gasteiger partial charge in [-0.1, -0.05) is 12.1 Å². The number of benzene rings is 1. The zero-order chi connectivity index (χ0) is 13.0. The lowest BCUT2D eigenvalue weighted by atomic mass is 10.1. The second kappa shape index (κ2) is 5.68. The van der Waals surface area contributed by atoms with Crippen LogP contribution < -0.4 is 15.8 Å². The number of amides is 1. The first kappa shape index (κ1) is 13.5.